The number of amides is 1. The Hall–Kier alpha value is -0.850. The van der Waals surface area contributed by atoms with Crippen LogP contribution in [0.4, 0.5) is 4.79 Å². The van der Waals surface area contributed by atoms with Crippen LogP contribution in [-0.4, -0.2) is 60.3 Å². The lowest BCUT2D eigenvalue weighted by Gasteiger charge is -2.28. The quantitative estimate of drug-likeness (QED) is 0.755. The fourth-order valence-corrected chi connectivity index (χ4v) is 2.36. The first-order chi connectivity index (χ1) is 7.98. The average molecular weight is 244 g/mol. The number of rotatable bonds is 3. The van der Waals surface area contributed by atoms with Crippen molar-refractivity contribution in [1.82, 2.24) is 10.2 Å². The van der Waals surface area contributed by atoms with E-state index in [1.54, 1.807) is 0 Å². The molecule has 0 saturated carbocycles. The Bertz CT molecular complexity index is 289. The van der Waals surface area contributed by atoms with E-state index in [-0.39, 0.29) is 12.1 Å². The molecule has 6 nitrogen and oxygen atoms in total. The van der Waals surface area contributed by atoms with E-state index in [1.165, 1.54) is 4.90 Å². The van der Waals surface area contributed by atoms with Crippen LogP contribution in [-0.2, 0) is 9.47 Å². The molecule has 2 aliphatic rings. The predicted octanol–water partition coefficient (Wildman–Crippen LogP) is 0.480. The van der Waals surface area contributed by atoms with Gasteiger partial charge in [0.1, 0.15) is 6.10 Å². The highest BCUT2D eigenvalue weighted by Gasteiger charge is 2.36. The van der Waals surface area contributed by atoms with Crippen molar-refractivity contribution >= 4 is 6.09 Å². The van der Waals surface area contributed by atoms with Crippen molar-refractivity contribution in [1.29, 1.82) is 0 Å². The molecular weight excluding hydrogens is 224 g/mol. The highest BCUT2D eigenvalue weighted by atomic mass is 16.7. The Morgan fingerprint density at radius 2 is 2.35 bits per heavy atom. The van der Waals surface area contributed by atoms with Gasteiger partial charge in [-0.15, -0.1) is 0 Å². The van der Waals surface area contributed by atoms with Crippen molar-refractivity contribution in [3.05, 3.63) is 0 Å². The third kappa shape index (κ3) is 3.08. The number of nitrogens with one attached hydrogen (secondary N) is 1. The molecule has 0 aromatic rings. The van der Waals surface area contributed by atoms with E-state index < -0.39 is 11.9 Å². The van der Waals surface area contributed by atoms with E-state index in [2.05, 4.69) is 5.32 Å². The molecule has 2 saturated heterocycles. The van der Waals surface area contributed by atoms with Gasteiger partial charge in [0, 0.05) is 12.6 Å². The minimum absolute atomic E-state index is 0.0554. The van der Waals surface area contributed by atoms with Gasteiger partial charge in [0.05, 0.1) is 13.2 Å². The van der Waals surface area contributed by atoms with Crippen LogP contribution in [0.1, 0.15) is 20.3 Å². The lowest BCUT2D eigenvalue weighted by Crippen LogP contribution is -2.45. The summed E-state index contributed by atoms with van der Waals surface area (Å²) >= 11 is 0. The molecule has 0 aromatic heterocycles. The first-order valence-electron chi connectivity index (χ1n) is 6.00. The van der Waals surface area contributed by atoms with Gasteiger partial charge in [0.15, 0.2) is 5.79 Å². The smallest absolute Gasteiger partial charge is 0.407 e. The topological polar surface area (TPSA) is 71.0 Å². The second-order valence-electron chi connectivity index (χ2n) is 5.03. The van der Waals surface area contributed by atoms with Crippen LogP contribution in [0.25, 0.3) is 0 Å². The fourth-order valence-electron chi connectivity index (χ4n) is 2.36. The standard InChI is InChI=1S/C11H20N2O4/c1-11(2)16-7-9(17-11)6-13(10(14)15)8-3-4-12-5-8/h8-9,12H,3-7H2,1-2H3,(H,14,15)/t8-,9-/m0/s1. The number of hydrogen-bond donors (Lipinski definition) is 2. The van der Waals surface area contributed by atoms with E-state index in [0.717, 1.165) is 19.5 Å². The number of carboxylic acid groups (broad SMARTS) is 1. The lowest BCUT2D eigenvalue weighted by molar-refractivity contribution is -0.140. The number of hydrogen-bond acceptors (Lipinski definition) is 4. The van der Waals surface area contributed by atoms with Gasteiger partial charge >= 0.3 is 6.09 Å². The van der Waals surface area contributed by atoms with Gasteiger partial charge in [0.2, 0.25) is 0 Å². The molecule has 6 heteroatoms. The highest BCUT2D eigenvalue weighted by Crippen LogP contribution is 2.23. The van der Waals surface area contributed by atoms with Crippen molar-refractivity contribution in [2.45, 2.75) is 38.2 Å². The summed E-state index contributed by atoms with van der Waals surface area (Å²) < 4.78 is 11.1. The van der Waals surface area contributed by atoms with Crippen LogP contribution >= 0.6 is 0 Å². The van der Waals surface area contributed by atoms with E-state index in [4.69, 9.17) is 9.47 Å². The van der Waals surface area contributed by atoms with Gasteiger partial charge < -0.3 is 24.8 Å². The van der Waals surface area contributed by atoms with Crippen molar-refractivity contribution in [2.75, 3.05) is 26.2 Å². The molecular formula is C11H20N2O4. The largest absolute Gasteiger partial charge is 0.465 e. The molecule has 1 amide bonds. The molecule has 2 heterocycles. The summed E-state index contributed by atoms with van der Waals surface area (Å²) in [7, 11) is 0. The summed E-state index contributed by atoms with van der Waals surface area (Å²) in [5.41, 5.74) is 0. The molecule has 0 bridgehead atoms. The third-order valence-corrected chi connectivity index (χ3v) is 3.19. The van der Waals surface area contributed by atoms with E-state index in [1.807, 2.05) is 13.8 Å². The molecule has 2 fully saturated rings. The fraction of sp³-hybridized carbons (Fsp3) is 0.909. The Morgan fingerprint density at radius 1 is 1.59 bits per heavy atom. The molecule has 0 spiro atoms. The Labute approximate surface area is 101 Å². The van der Waals surface area contributed by atoms with Crippen molar-refractivity contribution < 1.29 is 19.4 Å². The summed E-state index contributed by atoms with van der Waals surface area (Å²) in [4.78, 5) is 12.7. The molecule has 2 N–H and O–H groups in total. The lowest BCUT2D eigenvalue weighted by atomic mass is 10.2. The molecule has 2 aliphatic heterocycles. The minimum Gasteiger partial charge on any atom is -0.465 e. The van der Waals surface area contributed by atoms with Gasteiger partial charge in [-0.2, -0.15) is 0 Å². The minimum atomic E-state index is -0.882. The van der Waals surface area contributed by atoms with Crippen LogP contribution in [0, 0.1) is 0 Å². The Kier molecular flexibility index (Phi) is 3.56. The van der Waals surface area contributed by atoms with Crippen molar-refractivity contribution in [3.63, 3.8) is 0 Å². The molecule has 0 unspecified atom stereocenters. The second-order valence-corrected chi connectivity index (χ2v) is 5.03. The van der Waals surface area contributed by atoms with Gasteiger partial charge in [-0.05, 0) is 26.8 Å². The first kappa shape index (κ1) is 12.6. The number of carbonyl (C=O) groups is 1. The molecule has 17 heavy (non-hydrogen) atoms. The van der Waals surface area contributed by atoms with Crippen LogP contribution < -0.4 is 5.32 Å². The summed E-state index contributed by atoms with van der Waals surface area (Å²) in [6, 6.07) is 0.0554. The van der Waals surface area contributed by atoms with Gasteiger partial charge in [-0.3, -0.25) is 0 Å². The molecule has 98 valence electrons. The number of ether oxygens (including phenoxy) is 2. The zero-order valence-electron chi connectivity index (χ0n) is 10.3. The maximum absolute atomic E-state index is 11.2. The van der Waals surface area contributed by atoms with Gasteiger partial charge in [-0.1, -0.05) is 0 Å². The molecule has 0 radical (unpaired) electrons. The first-order valence-corrected chi connectivity index (χ1v) is 6.00. The van der Waals surface area contributed by atoms with Crippen LogP contribution in [0.3, 0.4) is 0 Å². The number of nitrogens with zero attached hydrogens (tertiary/aromatic N) is 1. The predicted molar refractivity (Wildman–Crippen MR) is 60.9 cm³/mol. The average Bonchev–Trinajstić information content (AvgIpc) is 2.83. The maximum atomic E-state index is 11.2. The maximum Gasteiger partial charge on any atom is 0.407 e. The zero-order valence-corrected chi connectivity index (χ0v) is 10.3. The van der Waals surface area contributed by atoms with Crippen LogP contribution in [0.2, 0.25) is 0 Å². The van der Waals surface area contributed by atoms with Gasteiger partial charge in [0.25, 0.3) is 0 Å². The van der Waals surface area contributed by atoms with E-state index in [0.29, 0.717) is 13.2 Å². The summed E-state index contributed by atoms with van der Waals surface area (Å²) in [6.45, 7) is 6.12. The van der Waals surface area contributed by atoms with E-state index >= 15 is 0 Å². The summed E-state index contributed by atoms with van der Waals surface area (Å²) in [5.74, 6) is -0.594. The second kappa shape index (κ2) is 4.80. The third-order valence-electron chi connectivity index (χ3n) is 3.19. The normalized spacial score (nSPS) is 31.6. The molecule has 2 rings (SSSR count). The molecule has 0 aliphatic carbocycles. The van der Waals surface area contributed by atoms with Crippen LogP contribution in [0.5, 0.6) is 0 Å². The van der Waals surface area contributed by atoms with E-state index in [9.17, 15) is 9.90 Å². The van der Waals surface area contributed by atoms with Crippen molar-refractivity contribution in [3.8, 4) is 0 Å². The zero-order chi connectivity index (χ0) is 12.5. The SMILES string of the molecule is CC1(C)OC[C@H](CN(C(=O)O)[C@H]2CCNC2)O1. The van der Waals surface area contributed by atoms with Crippen molar-refractivity contribution in [2.24, 2.45) is 0 Å². The Balaban J connectivity index is 1.92. The monoisotopic (exact) mass is 244 g/mol. The van der Waals surface area contributed by atoms with Gasteiger partial charge in [-0.25, -0.2) is 4.79 Å². The molecule has 2 atom stereocenters. The molecule has 0 aromatic carbocycles. The summed E-state index contributed by atoms with van der Waals surface area (Å²) in [6.07, 6.45) is -0.183. The highest BCUT2D eigenvalue weighted by molar-refractivity contribution is 5.65. The summed E-state index contributed by atoms with van der Waals surface area (Å²) in [5, 5.41) is 12.4. The van der Waals surface area contributed by atoms with Crippen LogP contribution in [0.15, 0.2) is 0 Å². The Morgan fingerprint density at radius 3 is 2.82 bits per heavy atom.